The highest BCUT2D eigenvalue weighted by Gasteiger charge is 2.20. The molecule has 0 saturated carbocycles. The quantitative estimate of drug-likeness (QED) is 0.673. The molecule has 0 spiro atoms. The second kappa shape index (κ2) is 3.36. The summed E-state index contributed by atoms with van der Waals surface area (Å²) in [5, 5.41) is 0.358. The third-order valence-corrected chi connectivity index (χ3v) is 2.91. The zero-order chi connectivity index (χ0) is 9.42. The van der Waals surface area contributed by atoms with Crippen LogP contribution in [0.5, 0.6) is 0 Å². The fraction of sp³-hybridized carbons (Fsp3) is 0.250. The summed E-state index contributed by atoms with van der Waals surface area (Å²) in [6.07, 6.45) is 0. The molecular weight excluding hydrogens is 257 g/mol. The van der Waals surface area contributed by atoms with E-state index in [4.69, 9.17) is 16.3 Å². The van der Waals surface area contributed by atoms with Gasteiger partial charge in [-0.2, -0.15) is 0 Å². The van der Waals surface area contributed by atoms with Crippen molar-refractivity contribution >= 4 is 33.3 Å². The van der Waals surface area contributed by atoms with Gasteiger partial charge in [0.25, 0.3) is 0 Å². The van der Waals surface area contributed by atoms with Crippen LogP contribution in [0.2, 0.25) is 5.15 Å². The summed E-state index contributed by atoms with van der Waals surface area (Å²) in [5.41, 5.74) is 1.21. The van der Waals surface area contributed by atoms with Gasteiger partial charge in [-0.3, -0.25) is 4.79 Å². The van der Waals surface area contributed by atoms with Crippen LogP contribution in [0.15, 0.2) is 10.5 Å². The number of halogens is 2. The van der Waals surface area contributed by atoms with Crippen molar-refractivity contribution in [1.29, 1.82) is 0 Å². The van der Waals surface area contributed by atoms with Crippen LogP contribution in [0.3, 0.4) is 0 Å². The van der Waals surface area contributed by atoms with E-state index in [0.717, 1.165) is 0 Å². The molecule has 68 valence electrons. The standard InChI is InChI=1S/C8H5BrClNO2/c9-5-1-4-6(11-8(5)10)2-13-3-7(4)12/h1H,2-3H2. The Morgan fingerprint density at radius 3 is 3.08 bits per heavy atom. The molecule has 0 unspecified atom stereocenters. The third-order valence-electron chi connectivity index (χ3n) is 1.78. The van der Waals surface area contributed by atoms with E-state index in [9.17, 15) is 4.79 Å². The Hall–Kier alpha value is -0.450. The number of nitrogens with zero attached hydrogens (tertiary/aromatic N) is 1. The number of pyridine rings is 1. The molecular formula is C8H5BrClNO2. The summed E-state index contributed by atoms with van der Waals surface area (Å²) in [6.45, 7) is 0.483. The maximum Gasteiger partial charge on any atom is 0.190 e. The minimum Gasteiger partial charge on any atom is -0.367 e. The molecule has 13 heavy (non-hydrogen) atoms. The normalized spacial score (nSPS) is 15.7. The van der Waals surface area contributed by atoms with Crippen LogP contribution in [0, 0.1) is 0 Å². The van der Waals surface area contributed by atoms with Crippen molar-refractivity contribution in [3.63, 3.8) is 0 Å². The summed E-state index contributed by atoms with van der Waals surface area (Å²) in [4.78, 5) is 15.4. The molecule has 0 N–H and O–H groups in total. The van der Waals surface area contributed by atoms with Gasteiger partial charge in [0.05, 0.1) is 16.8 Å². The lowest BCUT2D eigenvalue weighted by Crippen LogP contribution is -2.19. The van der Waals surface area contributed by atoms with Gasteiger partial charge in [-0.05, 0) is 22.0 Å². The Morgan fingerprint density at radius 2 is 2.31 bits per heavy atom. The number of hydrogen-bond acceptors (Lipinski definition) is 3. The molecule has 0 fully saturated rings. The number of fused-ring (bicyclic) bond motifs is 1. The van der Waals surface area contributed by atoms with Gasteiger partial charge in [0.1, 0.15) is 11.8 Å². The Labute approximate surface area is 88.2 Å². The predicted octanol–water partition coefficient (Wildman–Crippen LogP) is 2.21. The molecule has 1 aromatic heterocycles. The molecule has 5 heteroatoms. The van der Waals surface area contributed by atoms with Crippen molar-refractivity contribution in [1.82, 2.24) is 4.98 Å². The monoisotopic (exact) mass is 261 g/mol. The first-order valence-corrected chi connectivity index (χ1v) is 4.81. The number of Topliss-reactive ketones (excluding diaryl/α,β-unsaturated/α-hetero) is 1. The van der Waals surface area contributed by atoms with Gasteiger partial charge in [0, 0.05) is 5.56 Å². The number of carbonyl (C=O) groups is 1. The van der Waals surface area contributed by atoms with Gasteiger partial charge in [-0.1, -0.05) is 11.6 Å². The van der Waals surface area contributed by atoms with Crippen molar-refractivity contribution in [2.24, 2.45) is 0 Å². The minimum absolute atomic E-state index is 0.0499. The fourth-order valence-corrected chi connectivity index (χ4v) is 1.65. The van der Waals surface area contributed by atoms with E-state index < -0.39 is 0 Å². The molecule has 3 nitrogen and oxygen atoms in total. The van der Waals surface area contributed by atoms with Crippen LogP contribution >= 0.6 is 27.5 Å². The predicted molar refractivity (Wildman–Crippen MR) is 50.9 cm³/mol. The Bertz CT molecular complexity index is 381. The molecule has 0 saturated heterocycles. The van der Waals surface area contributed by atoms with Gasteiger partial charge in [0.2, 0.25) is 0 Å². The van der Waals surface area contributed by atoms with Gasteiger partial charge in [-0.15, -0.1) is 0 Å². The van der Waals surface area contributed by atoms with E-state index in [2.05, 4.69) is 20.9 Å². The minimum atomic E-state index is -0.0499. The maximum atomic E-state index is 11.3. The van der Waals surface area contributed by atoms with Crippen LogP contribution in [0.25, 0.3) is 0 Å². The zero-order valence-electron chi connectivity index (χ0n) is 6.51. The topological polar surface area (TPSA) is 39.2 Å². The number of ketones is 1. The molecule has 0 amide bonds. The molecule has 0 radical (unpaired) electrons. The van der Waals surface area contributed by atoms with Crippen LogP contribution in [-0.2, 0) is 11.3 Å². The summed E-state index contributed by atoms with van der Waals surface area (Å²) in [6, 6.07) is 1.69. The molecule has 0 aromatic carbocycles. The molecule has 0 bridgehead atoms. The lowest BCUT2D eigenvalue weighted by Gasteiger charge is -2.14. The highest BCUT2D eigenvalue weighted by Crippen LogP contribution is 2.25. The largest absolute Gasteiger partial charge is 0.367 e. The van der Waals surface area contributed by atoms with Crippen molar-refractivity contribution < 1.29 is 9.53 Å². The highest BCUT2D eigenvalue weighted by molar-refractivity contribution is 9.10. The number of ether oxygens (including phenoxy) is 1. The van der Waals surface area contributed by atoms with E-state index in [1.54, 1.807) is 6.07 Å². The second-order valence-corrected chi connectivity index (χ2v) is 3.88. The Balaban J connectivity index is 2.58. The summed E-state index contributed by atoms with van der Waals surface area (Å²) in [5.74, 6) is -0.0499. The number of rotatable bonds is 0. The Kier molecular flexibility index (Phi) is 2.36. The molecule has 1 aliphatic rings. The number of hydrogen-bond donors (Lipinski definition) is 0. The van der Waals surface area contributed by atoms with Crippen molar-refractivity contribution in [2.45, 2.75) is 6.61 Å². The zero-order valence-corrected chi connectivity index (χ0v) is 8.85. The lowest BCUT2D eigenvalue weighted by atomic mass is 10.1. The van der Waals surface area contributed by atoms with Crippen molar-refractivity contribution in [3.8, 4) is 0 Å². The maximum absolute atomic E-state index is 11.3. The van der Waals surface area contributed by atoms with Gasteiger partial charge in [0.15, 0.2) is 5.78 Å². The molecule has 0 atom stereocenters. The van der Waals surface area contributed by atoms with E-state index in [0.29, 0.717) is 27.5 Å². The SMILES string of the molecule is O=C1COCc2nc(Cl)c(Br)cc21. The van der Waals surface area contributed by atoms with Crippen LogP contribution in [0.4, 0.5) is 0 Å². The first-order chi connectivity index (χ1) is 6.18. The molecule has 0 aliphatic carbocycles. The second-order valence-electron chi connectivity index (χ2n) is 2.67. The summed E-state index contributed by atoms with van der Waals surface area (Å²) >= 11 is 8.98. The number of carbonyl (C=O) groups excluding carboxylic acids is 1. The smallest absolute Gasteiger partial charge is 0.190 e. The molecule has 1 aromatic rings. The molecule has 1 aliphatic heterocycles. The van der Waals surface area contributed by atoms with Crippen LogP contribution in [0.1, 0.15) is 16.1 Å². The van der Waals surface area contributed by atoms with E-state index in [1.807, 2.05) is 0 Å². The van der Waals surface area contributed by atoms with E-state index in [-0.39, 0.29) is 12.4 Å². The lowest BCUT2D eigenvalue weighted by molar-refractivity contribution is 0.0655. The Morgan fingerprint density at radius 1 is 1.54 bits per heavy atom. The van der Waals surface area contributed by atoms with Crippen LogP contribution in [-0.4, -0.2) is 17.4 Å². The van der Waals surface area contributed by atoms with Crippen molar-refractivity contribution in [3.05, 3.63) is 26.9 Å². The first kappa shape index (κ1) is 9.12. The number of aromatic nitrogens is 1. The molecule has 2 rings (SSSR count). The summed E-state index contributed by atoms with van der Waals surface area (Å²) in [7, 11) is 0. The van der Waals surface area contributed by atoms with E-state index >= 15 is 0 Å². The fourth-order valence-electron chi connectivity index (χ4n) is 1.17. The van der Waals surface area contributed by atoms with Crippen LogP contribution < -0.4 is 0 Å². The third kappa shape index (κ3) is 1.61. The van der Waals surface area contributed by atoms with Gasteiger partial charge in [-0.25, -0.2) is 4.98 Å². The first-order valence-electron chi connectivity index (χ1n) is 3.64. The van der Waals surface area contributed by atoms with Gasteiger partial charge < -0.3 is 4.74 Å². The average molecular weight is 262 g/mol. The average Bonchev–Trinajstić information content (AvgIpc) is 2.09. The van der Waals surface area contributed by atoms with Crippen molar-refractivity contribution in [2.75, 3.05) is 6.61 Å². The molecule has 2 heterocycles. The van der Waals surface area contributed by atoms with Gasteiger partial charge >= 0.3 is 0 Å². The summed E-state index contributed by atoms with van der Waals surface area (Å²) < 4.78 is 5.66. The highest BCUT2D eigenvalue weighted by atomic mass is 79.9. The van der Waals surface area contributed by atoms with E-state index in [1.165, 1.54) is 0 Å².